The third-order valence-electron chi connectivity index (χ3n) is 4.18. The SMILES string of the molecule is CCCCN1C[C@@H](C(=O)Nc2ccc3c(c2)OCCO3)CC1=O. The molecular weight excluding hydrogens is 296 g/mol. The second-order valence-electron chi connectivity index (χ2n) is 5.94. The van der Waals surface area contributed by atoms with Crippen molar-refractivity contribution in [2.75, 3.05) is 31.6 Å². The van der Waals surface area contributed by atoms with Crippen LogP contribution in [0.3, 0.4) is 0 Å². The fraction of sp³-hybridized carbons (Fsp3) is 0.529. The predicted molar refractivity (Wildman–Crippen MR) is 85.7 cm³/mol. The van der Waals surface area contributed by atoms with Crippen LogP contribution in [0, 0.1) is 5.92 Å². The fourth-order valence-corrected chi connectivity index (χ4v) is 2.88. The van der Waals surface area contributed by atoms with E-state index in [-0.39, 0.29) is 17.7 Å². The van der Waals surface area contributed by atoms with Gasteiger partial charge in [-0.1, -0.05) is 13.3 Å². The molecule has 1 N–H and O–H groups in total. The van der Waals surface area contributed by atoms with Gasteiger partial charge < -0.3 is 19.7 Å². The van der Waals surface area contributed by atoms with Gasteiger partial charge in [0.1, 0.15) is 13.2 Å². The van der Waals surface area contributed by atoms with Crippen molar-refractivity contribution in [2.24, 2.45) is 5.92 Å². The van der Waals surface area contributed by atoms with Gasteiger partial charge in [-0.05, 0) is 18.6 Å². The number of benzene rings is 1. The topological polar surface area (TPSA) is 67.9 Å². The molecule has 1 aromatic rings. The van der Waals surface area contributed by atoms with Crippen LogP contribution in [0.15, 0.2) is 18.2 Å². The summed E-state index contributed by atoms with van der Waals surface area (Å²) in [7, 11) is 0. The number of ether oxygens (including phenoxy) is 2. The van der Waals surface area contributed by atoms with Crippen LogP contribution in [-0.4, -0.2) is 43.0 Å². The Morgan fingerprint density at radius 3 is 2.87 bits per heavy atom. The molecule has 0 radical (unpaired) electrons. The molecule has 124 valence electrons. The van der Waals surface area contributed by atoms with Gasteiger partial charge in [-0.25, -0.2) is 0 Å². The number of carbonyl (C=O) groups excluding carboxylic acids is 2. The zero-order chi connectivity index (χ0) is 16.2. The summed E-state index contributed by atoms with van der Waals surface area (Å²) in [4.78, 5) is 26.1. The summed E-state index contributed by atoms with van der Waals surface area (Å²) in [5.41, 5.74) is 0.665. The van der Waals surface area contributed by atoms with Gasteiger partial charge in [-0.15, -0.1) is 0 Å². The van der Waals surface area contributed by atoms with Crippen molar-refractivity contribution < 1.29 is 19.1 Å². The van der Waals surface area contributed by atoms with Crippen LogP contribution in [-0.2, 0) is 9.59 Å². The number of nitrogens with one attached hydrogen (secondary N) is 1. The number of rotatable bonds is 5. The van der Waals surface area contributed by atoms with E-state index in [2.05, 4.69) is 12.2 Å². The first-order valence-electron chi connectivity index (χ1n) is 8.15. The van der Waals surface area contributed by atoms with E-state index in [0.717, 1.165) is 19.4 Å². The minimum absolute atomic E-state index is 0.0702. The number of carbonyl (C=O) groups is 2. The van der Waals surface area contributed by atoms with E-state index < -0.39 is 0 Å². The van der Waals surface area contributed by atoms with Gasteiger partial charge in [-0.2, -0.15) is 0 Å². The average Bonchev–Trinajstić information content (AvgIpc) is 2.94. The molecule has 0 bridgehead atoms. The quantitative estimate of drug-likeness (QED) is 0.902. The van der Waals surface area contributed by atoms with Crippen molar-refractivity contribution in [1.29, 1.82) is 0 Å². The summed E-state index contributed by atoms with van der Waals surface area (Å²) >= 11 is 0. The highest BCUT2D eigenvalue weighted by Gasteiger charge is 2.33. The number of likely N-dealkylation sites (tertiary alicyclic amines) is 1. The van der Waals surface area contributed by atoms with E-state index >= 15 is 0 Å². The molecule has 23 heavy (non-hydrogen) atoms. The lowest BCUT2D eigenvalue weighted by Gasteiger charge is -2.19. The molecule has 2 amide bonds. The van der Waals surface area contributed by atoms with Crippen molar-refractivity contribution in [1.82, 2.24) is 4.90 Å². The van der Waals surface area contributed by atoms with Crippen LogP contribution in [0.25, 0.3) is 0 Å². The Morgan fingerprint density at radius 2 is 2.09 bits per heavy atom. The van der Waals surface area contributed by atoms with Gasteiger partial charge in [-0.3, -0.25) is 9.59 Å². The number of fused-ring (bicyclic) bond motifs is 1. The molecule has 6 nitrogen and oxygen atoms in total. The van der Waals surface area contributed by atoms with Crippen molar-refractivity contribution in [2.45, 2.75) is 26.2 Å². The lowest BCUT2D eigenvalue weighted by molar-refractivity contribution is -0.128. The molecule has 2 aliphatic heterocycles. The Hall–Kier alpha value is -2.24. The molecule has 6 heteroatoms. The minimum atomic E-state index is -0.285. The third kappa shape index (κ3) is 3.57. The highest BCUT2D eigenvalue weighted by molar-refractivity contribution is 5.97. The van der Waals surface area contributed by atoms with Crippen LogP contribution in [0.2, 0.25) is 0 Å². The summed E-state index contributed by atoms with van der Waals surface area (Å²) < 4.78 is 11.0. The van der Waals surface area contributed by atoms with Crippen LogP contribution in [0.5, 0.6) is 11.5 Å². The summed E-state index contributed by atoms with van der Waals surface area (Å²) in [6.45, 7) is 4.38. The van der Waals surface area contributed by atoms with Crippen molar-refractivity contribution >= 4 is 17.5 Å². The molecule has 1 aromatic carbocycles. The normalized spacial score (nSPS) is 19.8. The van der Waals surface area contributed by atoms with Gasteiger partial charge in [0, 0.05) is 31.3 Å². The Balaban J connectivity index is 1.60. The zero-order valence-corrected chi connectivity index (χ0v) is 13.3. The molecular formula is C17H22N2O4. The predicted octanol–water partition coefficient (Wildman–Crippen LogP) is 2.04. The summed E-state index contributed by atoms with van der Waals surface area (Å²) in [5.74, 6) is 1.000. The van der Waals surface area contributed by atoms with E-state index in [1.807, 2.05) is 0 Å². The molecule has 1 fully saturated rings. The number of unbranched alkanes of at least 4 members (excludes halogenated alkanes) is 1. The molecule has 3 rings (SSSR count). The molecule has 1 saturated heterocycles. The van der Waals surface area contributed by atoms with E-state index in [1.54, 1.807) is 23.1 Å². The first-order valence-corrected chi connectivity index (χ1v) is 8.15. The number of nitrogens with zero attached hydrogens (tertiary/aromatic N) is 1. The lowest BCUT2D eigenvalue weighted by atomic mass is 10.1. The molecule has 2 aliphatic rings. The van der Waals surface area contributed by atoms with Gasteiger partial charge in [0.15, 0.2) is 11.5 Å². The monoisotopic (exact) mass is 318 g/mol. The molecule has 0 saturated carbocycles. The smallest absolute Gasteiger partial charge is 0.229 e. The maximum Gasteiger partial charge on any atom is 0.229 e. The third-order valence-corrected chi connectivity index (χ3v) is 4.18. The van der Waals surface area contributed by atoms with E-state index in [4.69, 9.17) is 9.47 Å². The zero-order valence-electron chi connectivity index (χ0n) is 13.3. The standard InChI is InChI=1S/C17H22N2O4/c1-2-3-6-19-11-12(9-16(19)20)17(21)18-13-4-5-14-15(10-13)23-8-7-22-14/h4-5,10,12H,2-3,6-9,11H2,1H3,(H,18,21)/t12-/m0/s1. The van der Waals surface area contributed by atoms with Gasteiger partial charge >= 0.3 is 0 Å². The highest BCUT2D eigenvalue weighted by Crippen LogP contribution is 2.33. The first-order chi connectivity index (χ1) is 11.2. The van der Waals surface area contributed by atoms with Gasteiger partial charge in [0.05, 0.1) is 5.92 Å². The minimum Gasteiger partial charge on any atom is -0.486 e. The first kappa shape index (κ1) is 15.6. The van der Waals surface area contributed by atoms with Crippen LogP contribution >= 0.6 is 0 Å². The summed E-state index contributed by atoms with van der Waals surface area (Å²) in [6.07, 6.45) is 2.31. The molecule has 0 unspecified atom stereocenters. The van der Waals surface area contributed by atoms with E-state index in [0.29, 0.717) is 43.4 Å². The molecule has 0 aromatic heterocycles. The number of hydrogen-bond donors (Lipinski definition) is 1. The van der Waals surface area contributed by atoms with Crippen LogP contribution in [0.4, 0.5) is 5.69 Å². The van der Waals surface area contributed by atoms with E-state index in [9.17, 15) is 9.59 Å². The number of amides is 2. The molecule has 2 heterocycles. The van der Waals surface area contributed by atoms with Crippen LogP contribution in [0.1, 0.15) is 26.2 Å². The Kier molecular flexibility index (Phi) is 4.69. The van der Waals surface area contributed by atoms with Crippen molar-refractivity contribution in [3.8, 4) is 11.5 Å². The number of anilines is 1. The largest absolute Gasteiger partial charge is 0.486 e. The van der Waals surface area contributed by atoms with Gasteiger partial charge in [0.25, 0.3) is 0 Å². The summed E-state index contributed by atoms with van der Waals surface area (Å²) in [5, 5.41) is 2.88. The highest BCUT2D eigenvalue weighted by atomic mass is 16.6. The molecule has 0 aliphatic carbocycles. The van der Waals surface area contributed by atoms with Crippen molar-refractivity contribution in [3.63, 3.8) is 0 Å². The Bertz CT molecular complexity index is 602. The van der Waals surface area contributed by atoms with Crippen LogP contribution < -0.4 is 14.8 Å². The van der Waals surface area contributed by atoms with Gasteiger partial charge in [0.2, 0.25) is 11.8 Å². The Morgan fingerprint density at radius 1 is 1.30 bits per heavy atom. The fourth-order valence-electron chi connectivity index (χ4n) is 2.88. The second kappa shape index (κ2) is 6.89. The average molecular weight is 318 g/mol. The lowest BCUT2D eigenvalue weighted by Crippen LogP contribution is -2.29. The molecule has 1 atom stereocenters. The molecule has 0 spiro atoms. The second-order valence-corrected chi connectivity index (χ2v) is 5.94. The van der Waals surface area contributed by atoms with E-state index in [1.165, 1.54) is 0 Å². The maximum absolute atomic E-state index is 12.4. The summed E-state index contributed by atoms with van der Waals surface area (Å²) in [6, 6.07) is 5.34. The maximum atomic E-state index is 12.4. The van der Waals surface area contributed by atoms with Crippen molar-refractivity contribution in [3.05, 3.63) is 18.2 Å². The number of hydrogen-bond acceptors (Lipinski definition) is 4. The Labute approximate surface area is 135 Å².